The Bertz CT molecular complexity index is 158. The molecule has 0 bridgehead atoms. The Balaban J connectivity index is 2.68. The van der Waals surface area contributed by atoms with Gasteiger partial charge in [-0.15, -0.1) is 0 Å². The fourth-order valence-electron chi connectivity index (χ4n) is 2.04. The largest absolute Gasteiger partial charge is 0.299 e. The van der Waals surface area contributed by atoms with Crippen molar-refractivity contribution in [2.45, 2.75) is 46.5 Å². The molecule has 1 fully saturated rings. The van der Waals surface area contributed by atoms with E-state index in [1.54, 1.807) is 0 Å². The van der Waals surface area contributed by atoms with Crippen LogP contribution >= 0.6 is 0 Å². The first kappa shape index (κ1) is 8.76. The van der Waals surface area contributed by atoms with Crippen LogP contribution in [0.15, 0.2) is 0 Å². The van der Waals surface area contributed by atoms with Gasteiger partial charge in [-0.1, -0.05) is 27.2 Å². The minimum Gasteiger partial charge on any atom is -0.299 e. The molecule has 1 atom stereocenters. The molecule has 0 radical (unpaired) electrons. The fraction of sp³-hybridized carbons (Fsp3) is 0.900. The second-order valence-corrected chi connectivity index (χ2v) is 4.51. The van der Waals surface area contributed by atoms with Crippen molar-refractivity contribution in [2.24, 2.45) is 11.3 Å². The predicted molar refractivity (Wildman–Crippen MR) is 46.4 cm³/mol. The topological polar surface area (TPSA) is 17.1 Å². The lowest BCUT2D eigenvalue weighted by molar-refractivity contribution is -0.127. The van der Waals surface area contributed by atoms with Gasteiger partial charge in [0.25, 0.3) is 0 Å². The number of Topliss-reactive ketones (excluding diaryl/α,β-unsaturated/α-hetero) is 1. The molecule has 1 heteroatoms. The van der Waals surface area contributed by atoms with Crippen LogP contribution in [0.1, 0.15) is 46.5 Å². The summed E-state index contributed by atoms with van der Waals surface area (Å²) in [6.07, 6.45) is 4.21. The van der Waals surface area contributed by atoms with E-state index >= 15 is 0 Å². The number of carbonyl (C=O) groups is 1. The van der Waals surface area contributed by atoms with Gasteiger partial charge in [-0.3, -0.25) is 4.79 Å². The number of ketones is 1. The van der Waals surface area contributed by atoms with E-state index in [1.165, 1.54) is 6.42 Å². The minimum atomic E-state index is -0.0457. The lowest BCUT2D eigenvalue weighted by atomic mass is 9.81. The summed E-state index contributed by atoms with van der Waals surface area (Å²) in [5.41, 5.74) is -0.0457. The van der Waals surface area contributed by atoms with Gasteiger partial charge < -0.3 is 0 Å². The van der Waals surface area contributed by atoms with E-state index < -0.39 is 0 Å². The van der Waals surface area contributed by atoms with E-state index in [0.717, 1.165) is 25.2 Å². The summed E-state index contributed by atoms with van der Waals surface area (Å²) in [6.45, 7) is 6.41. The maximum absolute atomic E-state index is 11.5. The van der Waals surface area contributed by atoms with Crippen molar-refractivity contribution in [1.29, 1.82) is 0 Å². The van der Waals surface area contributed by atoms with Crippen LogP contribution in [0.4, 0.5) is 0 Å². The van der Waals surface area contributed by atoms with Crippen molar-refractivity contribution >= 4 is 5.78 Å². The normalized spacial score (nSPS) is 31.5. The Kier molecular flexibility index (Phi) is 2.36. The highest BCUT2D eigenvalue weighted by Crippen LogP contribution is 2.33. The smallest absolute Gasteiger partial charge is 0.138 e. The first-order valence-electron chi connectivity index (χ1n) is 4.56. The highest BCUT2D eigenvalue weighted by molar-refractivity contribution is 5.84. The average Bonchev–Trinajstić information content (AvgIpc) is 1.93. The van der Waals surface area contributed by atoms with Gasteiger partial charge in [-0.25, -0.2) is 0 Å². The van der Waals surface area contributed by atoms with Crippen molar-refractivity contribution in [2.75, 3.05) is 0 Å². The molecule has 0 amide bonds. The molecule has 1 aliphatic carbocycles. The van der Waals surface area contributed by atoms with Crippen molar-refractivity contribution in [1.82, 2.24) is 0 Å². The third-order valence-electron chi connectivity index (χ3n) is 2.71. The average molecular weight is 154 g/mol. The Morgan fingerprint density at radius 1 is 1.45 bits per heavy atom. The molecule has 0 heterocycles. The molecule has 1 unspecified atom stereocenters. The lowest BCUT2D eigenvalue weighted by Crippen LogP contribution is -2.23. The zero-order chi connectivity index (χ0) is 8.48. The molecule has 1 nitrogen and oxygen atoms in total. The zero-order valence-electron chi connectivity index (χ0n) is 7.81. The van der Waals surface area contributed by atoms with Gasteiger partial charge in [-0.05, 0) is 18.8 Å². The zero-order valence-corrected chi connectivity index (χ0v) is 7.81. The Labute approximate surface area is 69.2 Å². The van der Waals surface area contributed by atoms with Gasteiger partial charge in [0.15, 0.2) is 0 Å². The SMILES string of the molecule is CC1CCCC(=O)C(C)(C)C1. The highest BCUT2D eigenvalue weighted by atomic mass is 16.1. The summed E-state index contributed by atoms with van der Waals surface area (Å²) in [5, 5.41) is 0. The summed E-state index contributed by atoms with van der Waals surface area (Å²) in [6, 6.07) is 0. The summed E-state index contributed by atoms with van der Waals surface area (Å²) >= 11 is 0. The van der Waals surface area contributed by atoms with Crippen LogP contribution in [-0.4, -0.2) is 5.78 Å². The number of carbonyl (C=O) groups excluding carboxylic acids is 1. The molecule has 1 rings (SSSR count). The summed E-state index contributed by atoms with van der Waals surface area (Å²) in [5.74, 6) is 1.19. The van der Waals surface area contributed by atoms with E-state index in [-0.39, 0.29) is 5.41 Å². The highest BCUT2D eigenvalue weighted by Gasteiger charge is 2.31. The molecule has 0 spiro atoms. The van der Waals surface area contributed by atoms with Crippen molar-refractivity contribution in [3.8, 4) is 0 Å². The predicted octanol–water partition coefficient (Wildman–Crippen LogP) is 2.79. The molecular formula is C10H18O. The summed E-state index contributed by atoms with van der Waals surface area (Å²) in [4.78, 5) is 11.5. The van der Waals surface area contributed by atoms with Crippen LogP contribution in [0.3, 0.4) is 0 Å². The molecule has 0 aromatic heterocycles. The molecule has 64 valence electrons. The van der Waals surface area contributed by atoms with Crippen molar-refractivity contribution in [3.63, 3.8) is 0 Å². The van der Waals surface area contributed by atoms with Crippen LogP contribution in [0.5, 0.6) is 0 Å². The maximum atomic E-state index is 11.5. The van der Waals surface area contributed by atoms with E-state index in [1.807, 2.05) is 0 Å². The second-order valence-electron chi connectivity index (χ2n) is 4.51. The van der Waals surface area contributed by atoms with E-state index in [0.29, 0.717) is 5.78 Å². The first-order chi connectivity index (χ1) is 5.02. The molecule has 0 saturated heterocycles. The lowest BCUT2D eigenvalue weighted by Gasteiger charge is -2.22. The van der Waals surface area contributed by atoms with E-state index in [2.05, 4.69) is 20.8 Å². The quantitative estimate of drug-likeness (QED) is 0.490. The fourth-order valence-corrected chi connectivity index (χ4v) is 2.04. The summed E-state index contributed by atoms with van der Waals surface area (Å²) < 4.78 is 0. The molecule has 11 heavy (non-hydrogen) atoms. The van der Waals surface area contributed by atoms with Gasteiger partial charge in [0.2, 0.25) is 0 Å². The Morgan fingerprint density at radius 3 is 2.73 bits per heavy atom. The Morgan fingerprint density at radius 2 is 2.09 bits per heavy atom. The second kappa shape index (κ2) is 2.96. The van der Waals surface area contributed by atoms with E-state index in [4.69, 9.17) is 0 Å². The van der Waals surface area contributed by atoms with Crippen LogP contribution in [0.2, 0.25) is 0 Å². The van der Waals surface area contributed by atoms with Crippen molar-refractivity contribution < 1.29 is 4.79 Å². The first-order valence-corrected chi connectivity index (χ1v) is 4.56. The van der Waals surface area contributed by atoms with Gasteiger partial charge in [0.1, 0.15) is 5.78 Å². The summed E-state index contributed by atoms with van der Waals surface area (Å²) in [7, 11) is 0. The molecule has 0 aromatic carbocycles. The van der Waals surface area contributed by atoms with Crippen molar-refractivity contribution in [3.05, 3.63) is 0 Å². The van der Waals surface area contributed by atoms with E-state index in [9.17, 15) is 4.79 Å². The maximum Gasteiger partial charge on any atom is 0.138 e. The van der Waals surface area contributed by atoms with Gasteiger partial charge in [-0.2, -0.15) is 0 Å². The number of rotatable bonds is 0. The molecule has 1 saturated carbocycles. The van der Waals surface area contributed by atoms with Crippen LogP contribution < -0.4 is 0 Å². The monoisotopic (exact) mass is 154 g/mol. The third-order valence-corrected chi connectivity index (χ3v) is 2.71. The molecule has 1 aliphatic rings. The molecular weight excluding hydrogens is 136 g/mol. The standard InChI is InChI=1S/C10H18O/c1-8-5-4-6-9(11)10(2,3)7-8/h8H,4-7H2,1-3H3. The minimum absolute atomic E-state index is 0.0457. The third kappa shape index (κ3) is 2.05. The van der Waals surface area contributed by atoms with Gasteiger partial charge >= 0.3 is 0 Å². The van der Waals surface area contributed by atoms with Gasteiger partial charge in [0, 0.05) is 11.8 Å². The number of hydrogen-bond acceptors (Lipinski definition) is 1. The van der Waals surface area contributed by atoms with Crippen LogP contribution in [-0.2, 0) is 4.79 Å². The molecule has 0 aliphatic heterocycles. The van der Waals surface area contributed by atoms with Crippen LogP contribution in [0.25, 0.3) is 0 Å². The molecule has 0 N–H and O–H groups in total. The number of hydrogen-bond donors (Lipinski definition) is 0. The molecule has 0 aromatic rings. The van der Waals surface area contributed by atoms with Crippen LogP contribution in [0, 0.1) is 11.3 Å². The van der Waals surface area contributed by atoms with Gasteiger partial charge in [0.05, 0.1) is 0 Å². The Hall–Kier alpha value is -0.330.